The van der Waals surface area contributed by atoms with Gasteiger partial charge in [0.15, 0.2) is 11.5 Å². The number of imidazole rings is 1. The first-order valence-corrected chi connectivity index (χ1v) is 17.9. The molecule has 5 aromatic rings. The van der Waals surface area contributed by atoms with Crippen LogP contribution in [0.2, 0.25) is 0 Å². The Bertz CT molecular complexity index is 1960. The summed E-state index contributed by atoms with van der Waals surface area (Å²) in [6, 6.07) is 22.4. The van der Waals surface area contributed by atoms with Gasteiger partial charge in [-0.15, -0.1) is 0 Å². The van der Waals surface area contributed by atoms with Gasteiger partial charge in [0, 0.05) is 45.0 Å². The Morgan fingerprint density at radius 2 is 1.68 bits per heavy atom. The predicted octanol–water partition coefficient (Wildman–Crippen LogP) is 6.99. The van der Waals surface area contributed by atoms with Crippen LogP contribution in [-0.2, 0) is 19.5 Å². The van der Waals surface area contributed by atoms with Crippen LogP contribution in [0.3, 0.4) is 0 Å². The monoisotopic (exact) mass is 677 g/mol. The lowest BCUT2D eigenvalue weighted by Crippen LogP contribution is -2.43. The van der Waals surface area contributed by atoms with Crippen LogP contribution >= 0.6 is 0 Å². The number of amides is 2. The molecule has 0 aliphatic carbocycles. The lowest BCUT2D eigenvalue weighted by atomic mass is 9.68. The van der Waals surface area contributed by atoms with Gasteiger partial charge in [0.1, 0.15) is 0 Å². The summed E-state index contributed by atoms with van der Waals surface area (Å²) in [5.41, 5.74) is 6.44. The van der Waals surface area contributed by atoms with E-state index in [1.807, 2.05) is 82.1 Å². The molecule has 9 heteroatoms. The second-order valence-corrected chi connectivity index (χ2v) is 14.8. The number of fused-ring (bicyclic) bond motifs is 2. The first-order valence-electron chi connectivity index (χ1n) is 17.9. The molecule has 0 spiro atoms. The van der Waals surface area contributed by atoms with Crippen molar-refractivity contribution in [3.8, 4) is 0 Å². The average Bonchev–Trinajstić information content (AvgIpc) is 3.61. The summed E-state index contributed by atoms with van der Waals surface area (Å²) in [4.78, 5) is 34.8. The second-order valence-electron chi connectivity index (χ2n) is 14.8. The van der Waals surface area contributed by atoms with Crippen molar-refractivity contribution in [2.45, 2.75) is 71.8 Å². The topological polar surface area (TPSA) is 97.1 Å². The number of hydrogen-bond acceptors (Lipinski definition) is 5. The van der Waals surface area contributed by atoms with E-state index >= 15 is 0 Å². The van der Waals surface area contributed by atoms with Gasteiger partial charge in [-0.05, 0) is 79.9 Å². The summed E-state index contributed by atoms with van der Waals surface area (Å²) in [5.74, 6) is 0.885. The third-order valence-electron chi connectivity index (χ3n) is 11.0. The van der Waals surface area contributed by atoms with Crippen LogP contribution in [0.4, 0.5) is 0 Å². The summed E-state index contributed by atoms with van der Waals surface area (Å²) in [6.45, 7) is 14.6. The normalized spacial score (nSPS) is 14.9. The zero-order chi connectivity index (χ0) is 36.3. The molecular formula is C41H55N7O2. The van der Waals surface area contributed by atoms with Crippen molar-refractivity contribution in [3.63, 3.8) is 0 Å². The lowest BCUT2D eigenvalue weighted by molar-refractivity contribution is 0.0697. The van der Waals surface area contributed by atoms with E-state index in [1.165, 1.54) is 5.56 Å². The number of nitrogens with one attached hydrogen (secondary N) is 2. The fraction of sp³-hybridized carbons (Fsp3) is 0.463. The van der Waals surface area contributed by atoms with Crippen LogP contribution in [0.15, 0.2) is 66.7 Å². The van der Waals surface area contributed by atoms with E-state index in [2.05, 4.69) is 74.6 Å². The molecule has 2 N–H and O–H groups in total. The number of hydrogen-bond donors (Lipinski definition) is 2. The minimum atomic E-state index is -0.226. The maximum absolute atomic E-state index is 14.1. The quantitative estimate of drug-likeness (QED) is 0.132. The number of benzene rings is 3. The standard InChI is InChI=1S/C41H55N7O2/c1-26(2)41(6,24-28(4)25-42-7)32-17-14-18-35-37(32)44-38(46(35)8)39(49)43-22-21-33(29(5)30-15-12-11-13-16-30)47(9)40(50)36-31-23-27(3)19-20-34(31)48(10)45-36/h11-20,23,26,28-29,33,42H,21-22,24-25H2,1-10H3,(H,43,49). The highest BCUT2D eigenvalue weighted by molar-refractivity contribution is 6.05. The van der Waals surface area contributed by atoms with E-state index < -0.39 is 0 Å². The molecule has 0 fully saturated rings. The molecule has 0 bridgehead atoms. The van der Waals surface area contributed by atoms with Gasteiger partial charge < -0.3 is 20.1 Å². The molecule has 0 aliphatic heterocycles. The molecule has 5 rings (SSSR count). The van der Waals surface area contributed by atoms with E-state index in [9.17, 15) is 9.59 Å². The molecule has 0 saturated heterocycles. The van der Waals surface area contributed by atoms with Gasteiger partial charge in [-0.2, -0.15) is 5.10 Å². The average molecular weight is 678 g/mol. The molecule has 4 unspecified atom stereocenters. The Morgan fingerprint density at radius 3 is 2.36 bits per heavy atom. The molecule has 2 amide bonds. The fourth-order valence-electron chi connectivity index (χ4n) is 7.71. The summed E-state index contributed by atoms with van der Waals surface area (Å²) < 4.78 is 3.67. The second kappa shape index (κ2) is 15.2. The summed E-state index contributed by atoms with van der Waals surface area (Å²) in [7, 11) is 7.62. The zero-order valence-electron chi connectivity index (χ0n) is 31.5. The lowest BCUT2D eigenvalue weighted by Gasteiger charge is -2.37. The maximum atomic E-state index is 14.1. The molecule has 4 atom stereocenters. The highest BCUT2D eigenvalue weighted by atomic mass is 16.2. The number of carbonyl (C=O) groups is 2. The molecule has 0 radical (unpaired) electrons. The van der Waals surface area contributed by atoms with Crippen LogP contribution in [0.25, 0.3) is 21.9 Å². The number of likely N-dealkylation sites (N-methyl/N-ethyl adjacent to an activating group) is 1. The fourth-order valence-corrected chi connectivity index (χ4v) is 7.71. The molecule has 2 aromatic heterocycles. The molecule has 2 heterocycles. The van der Waals surface area contributed by atoms with Crippen molar-refractivity contribution in [1.29, 1.82) is 0 Å². The molecule has 50 heavy (non-hydrogen) atoms. The number of nitrogens with zero attached hydrogens (tertiary/aromatic N) is 5. The Hall–Kier alpha value is -4.50. The molecular weight excluding hydrogens is 622 g/mol. The van der Waals surface area contributed by atoms with Crippen molar-refractivity contribution in [2.24, 2.45) is 25.9 Å². The van der Waals surface area contributed by atoms with Crippen molar-refractivity contribution in [1.82, 2.24) is 34.9 Å². The van der Waals surface area contributed by atoms with Crippen molar-refractivity contribution >= 4 is 33.8 Å². The van der Waals surface area contributed by atoms with Gasteiger partial charge in [-0.3, -0.25) is 14.3 Å². The predicted molar refractivity (Wildman–Crippen MR) is 204 cm³/mol. The molecule has 266 valence electrons. The third-order valence-corrected chi connectivity index (χ3v) is 11.0. The van der Waals surface area contributed by atoms with Gasteiger partial charge >= 0.3 is 0 Å². The van der Waals surface area contributed by atoms with Crippen LogP contribution in [0.5, 0.6) is 0 Å². The number of rotatable bonds is 14. The summed E-state index contributed by atoms with van der Waals surface area (Å²) >= 11 is 0. The SMILES string of the molecule is CNCC(C)CC(C)(c1cccc2c1nc(C(=O)NCCC(C(C)c1ccccc1)N(C)C(=O)c1nn(C)c3ccc(C)cc13)n2C)C(C)C. The third kappa shape index (κ3) is 7.20. The smallest absolute Gasteiger partial charge is 0.287 e. The molecule has 0 aliphatic rings. The highest BCUT2D eigenvalue weighted by Crippen LogP contribution is 2.41. The number of aryl methyl sites for hydroxylation is 3. The van der Waals surface area contributed by atoms with Gasteiger partial charge in [-0.25, -0.2) is 4.98 Å². The van der Waals surface area contributed by atoms with Crippen molar-refractivity contribution in [2.75, 3.05) is 27.2 Å². The summed E-state index contributed by atoms with van der Waals surface area (Å²) in [6.07, 6.45) is 1.56. The number of para-hydroxylation sites is 1. The zero-order valence-corrected chi connectivity index (χ0v) is 31.5. The van der Waals surface area contributed by atoms with Gasteiger partial charge in [-0.1, -0.05) is 88.7 Å². The molecule has 3 aromatic carbocycles. The van der Waals surface area contributed by atoms with Crippen LogP contribution in [0, 0.1) is 18.8 Å². The highest BCUT2D eigenvalue weighted by Gasteiger charge is 2.35. The van der Waals surface area contributed by atoms with E-state index in [0.717, 1.165) is 46.0 Å². The van der Waals surface area contributed by atoms with Gasteiger partial charge in [0.05, 0.1) is 16.6 Å². The van der Waals surface area contributed by atoms with Gasteiger partial charge in [0.25, 0.3) is 11.8 Å². The van der Waals surface area contributed by atoms with Crippen LogP contribution < -0.4 is 10.6 Å². The van der Waals surface area contributed by atoms with Crippen LogP contribution in [0.1, 0.15) is 91.2 Å². The molecule has 9 nitrogen and oxygen atoms in total. The Morgan fingerprint density at radius 1 is 0.960 bits per heavy atom. The first kappa shape index (κ1) is 36.8. The first-order chi connectivity index (χ1) is 23.8. The van der Waals surface area contributed by atoms with E-state index in [1.54, 1.807) is 9.58 Å². The van der Waals surface area contributed by atoms with E-state index in [4.69, 9.17) is 4.98 Å². The maximum Gasteiger partial charge on any atom is 0.287 e. The number of carbonyl (C=O) groups excluding carboxylic acids is 2. The Kier molecular flexibility index (Phi) is 11.2. The molecule has 0 saturated carbocycles. The van der Waals surface area contributed by atoms with Crippen molar-refractivity contribution in [3.05, 3.63) is 94.9 Å². The minimum Gasteiger partial charge on any atom is -0.349 e. The summed E-state index contributed by atoms with van der Waals surface area (Å²) in [5, 5.41) is 12.0. The van der Waals surface area contributed by atoms with Gasteiger partial charge in [0.2, 0.25) is 0 Å². The van der Waals surface area contributed by atoms with Crippen molar-refractivity contribution < 1.29 is 9.59 Å². The Balaban J connectivity index is 1.40. The number of aromatic nitrogens is 4. The Labute approximate surface area is 297 Å². The van der Waals surface area contributed by atoms with E-state index in [0.29, 0.717) is 36.3 Å². The minimum absolute atomic E-state index is 0.0103. The van der Waals surface area contributed by atoms with E-state index in [-0.39, 0.29) is 29.2 Å². The largest absolute Gasteiger partial charge is 0.349 e. The van der Waals surface area contributed by atoms with Crippen LogP contribution in [-0.4, -0.2) is 69.3 Å².